The van der Waals surface area contributed by atoms with Crippen molar-refractivity contribution in [3.05, 3.63) is 23.8 Å². The highest BCUT2D eigenvalue weighted by Gasteiger charge is 2.16. The van der Waals surface area contributed by atoms with E-state index < -0.39 is 0 Å². The molecule has 1 unspecified atom stereocenters. The third-order valence-electron chi connectivity index (χ3n) is 2.99. The van der Waals surface area contributed by atoms with Gasteiger partial charge in [0.2, 0.25) is 0 Å². The third kappa shape index (κ3) is 3.65. The Bertz CT molecular complexity index is 416. The van der Waals surface area contributed by atoms with Gasteiger partial charge in [0.25, 0.3) is 5.91 Å². The number of nitrogens with one attached hydrogen (secondary N) is 1. The molecular weight excluding hydrogens is 228 g/mol. The van der Waals surface area contributed by atoms with Gasteiger partial charge >= 0.3 is 0 Å². The first-order valence-electron chi connectivity index (χ1n) is 6.23. The molecule has 0 saturated carbocycles. The zero-order valence-corrected chi connectivity index (χ0v) is 11.5. The van der Waals surface area contributed by atoms with Crippen LogP contribution in [0.3, 0.4) is 0 Å². The number of amides is 1. The predicted molar refractivity (Wildman–Crippen MR) is 73.8 cm³/mol. The molecule has 1 aromatic rings. The average Bonchev–Trinajstić information content (AvgIpc) is 2.34. The Hall–Kier alpha value is -1.71. The highest BCUT2D eigenvalue weighted by atomic mass is 16.5. The number of anilines is 1. The predicted octanol–water partition coefficient (Wildman–Crippen LogP) is 2.44. The third-order valence-corrected chi connectivity index (χ3v) is 2.99. The summed E-state index contributed by atoms with van der Waals surface area (Å²) in [6, 6.07) is 5.21. The Labute approximate surface area is 109 Å². The van der Waals surface area contributed by atoms with Crippen LogP contribution in [0.2, 0.25) is 0 Å². The van der Waals surface area contributed by atoms with Gasteiger partial charge in [0.05, 0.1) is 7.11 Å². The first-order valence-corrected chi connectivity index (χ1v) is 6.23. The molecule has 100 valence electrons. The molecule has 0 saturated heterocycles. The van der Waals surface area contributed by atoms with Gasteiger partial charge in [-0.05, 0) is 24.5 Å². The summed E-state index contributed by atoms with van der Waals surface area (Å²) in [5.74, 6) is 0.890. The number of rotatable bonds is 5. The maximum atomic E-state index is 12.1. The molecule has 0 aliphatic heterocycles. The van der Waals surface area contributed by atoms with Crippen LogP contribution in [-0.2, 0) is 0 Å². The maximum Gasteiger partial charge on any atom is 0.251 e. The molecule has 0 aromatic heterocycles. The number of ether oxygens (including phenoxy) is 1. The lowest BCUT2D eigenvalue weighted by molar-refractivity contribution is 0.0924. The number of nitrogens with two attached hydrogens (primary N) is 1. The lowest BCUT2D eigenvalue weighted by atomic mass is 10.0. The zero-order valence-electron chi connectivity index (χ0n) is 11.5. The Morgan fingerprint density at radius 3 is 2.56 bits per heavy atom. The van der Waals surface area contributed by atoms with E-state index in [4.69, 9.17) is 10.5 Å². The van der Waals surface area contributed by atoms with Crippen molar-refractivity contribution >= 4 is 11.6 Å². The zero-order chi connectivity index (χ0) is 13.7. The van der Waals surface area contributed by atoms with Crippen LogP contribution < -0.4 is 15.8 Å². The second-order valence-electron chi connectivity index (χ2n) is 4.73. The van der Waals surface area contributed by atoms with Crippen LogP contribution in [0.4, 0.5) is 5.69 Å². The van der Waals surface area contributed by atoms with Crippen molar-refractivity contribution in [3.8, 4) is 5.75 Å². The van der Waals surface area contributed by atoms with Crippen LogP contribution >= 0.6 is 0 Å². The summed E-state index contributed by atoms with van der Waals surface area (Å²) in [5, 5.41) is 3.01. The summed E-state index contributed by atoms with van der Waals surface area (Å²) in [6.45, 7) is 6.24. The van der Waals surface area contributed by atoms with E-state index >= 15 is 0 Å². The molecule has 0 radical (unpaired) electrons. The molecule has 0 aliphatic carbocycles. The summed E-state index contributed by atoms with van der Waals surface area (Å²) < 4.78 is 5.10. The van der Waals surface area contributed by atoms with Crippen molar-refractivity contribution in [1.82, 2.24) is 5.32 Å². The van der Waals surface area contributed by atoms with Crippen molar-refractivity contribution < 1.29 is 9.53 Å². The number of carbonyl (C=O) groups excluding carboxylic acids is 1. The fraction of sp³-hybridized carbons (Fsp3) is 0.500. The fourth-order valence-electron chi connectivity index (χ4n) is 1.86. The van der Waals surface area contributed by atoms with Gasteiger partial charge in [0.1, 0.15) is 5.75 Å². The molecular formula is C14H22N2O2. The summed E-state index contributed by atoms with van der Waals surface area (Å²) in [5.41, 5.74) is 6.79. The highest BCUT2D eigenvalue weighted by Crippen LogP contribution is 2.19. The van der Waals surface area contributed by atoms with Crippen LogP contribution in [0.1, 0.15) is 37.6 Å². The minimum Gasteiger partial charge on any atom is -0.497 e. The van der Waals surface area contributed by atoms with E-state index in [1.165, 1.54) is 0 Å². The first-order chi connectivity index (χ1) is 8.47. The van der Waals surface area contributed by atoms with E-state index in [0.717, 1.165) is 6.42 Å². The normalized spacial score (nSPS) is 12.3. The van der Waals surface area contributed by atoms with E-state index in [9.17, 15) is 4.79 Å². The second-order valence-corrected chi connectivity index (χ2v) is 4.73. The molecule has 4 nitrogen and oxygen atoms in total. The van der Waals surface area contributed by atoms with E-state index in [0.29, 0.717) is 22.9 Å². The van der Waals surface area contributed by atoms with Gasteiger partial charge in [-0.3, -0.25) is 4.79 Å². The lowest BCUT2D eigenvalue weighted by Gasteiger charge is -2.20. The smallest absolute Gasteiger partial charge is 0.251 e. The first kappa shape index (κ1) is 14.4. The number of benzene rings is 1. The van der Waals surface area contributed by atoms with E-state index in [-0.39, 0.29) is 11.9 Å². The molecule has 0 bridgehead atoms. The highest BCUT2D eigenvalue weighted by molar-refractivity contribution is 5.95. The van der Waals surface area contributed by atoms with Gasteiger partial charge in [-0.1, -0.05) is 20.8 Å². The van der Waals surface area contributed by atoms with Crippen molar-refractivity contribution in [2.45, 2.75) is 33.2 Å². The number of hydrogen-bond acceptors (Lipinski definition) is 3. The molecule has 1 amide bonds. The van der Waals surface area contributed by atoms with Crippen molar-refractivity contribution in [2.75, 3.05) is 12.8 Å². The van der Waals surface area contributed by atoms with Gasteiger partial charge in [0.15, 0.2) is 0 Å². The molecule has 1 aromatic carbocycles. The van der Waals surface area contributed by atoms with Crippen LogP contribution in [0.25, 0.3) is 0 Å². The molecule has 0 fully saturated rings. The van der Waals surface area contributed by atoms with Crippen LogP contribution in [0.15, 0.2) is 18.2 Å². The van der Waals surface area contributed by atoms with Gasteiger partial charge in [-0.2, -0.15) is 0 Å². The minimum absolute atomic E-state index is 0.110. The number of hydrogen-bond donors (Lipinski definition) is 2. The molecule has 1 atom stereocenters. The van der Waals surface area contributed by atoms with Crippen LogP contribution in [-0.4, -0.2) is 19.1 Å². The Morgan fingerprint density at radius 1 is 1.39 bits per heavy atom. The number of methoxy groups -OCH3 is 1. The van der Waals surface area contributed by atoms with Crippen LogP contribution in [0.5, 0.6) is 5.75 Å². The molecule has 3 N–H and O–H groups in total. The second kappa shape index (κ2) is 6.28. The monoisotopic (exact) mass is 250 g/mol. The van der Waals surface area contributed by atoms with Gasteiger partial charge in [-0.25, -0.2) is 0 Å². The molecule has 0 aliphatic rings. The molecule has 0 heterocycles. The fourth-order valence-corrected chi connectivity index (χ4v) is 1.86. The topological polar surface area (TPSA) is 64.4 Å². The van der Waals surface area contributed by atoms with Crippen molar-refractivity contribution in [2.24, 2.45) is 5.92 Å². The Morgan fingerprint density at radius 2 is 2.06 bits per heavy atom. The van der Waals surface area contributed by atoms with E-state index in [1.807, 2.05) is 0 Å². The van der Waals surface area contributed by atoms with Crippen molar-refractivity contribution in [1.29, 1.82) is 0 Å². The van der Waals surface area contributed by atoms with Gasteiger partial charge in [-0.15, -0.1) is 0 Å². The minimum atomic E-state index is -0.110. The summed E-state index contributed by atoms with van der Waals surface area (Å²) in [4.78, 5) is 12.1. The molecule has 4 heteroatoms. The molecule has 1 rings (SSSR count). The quantitative estimate of drug-likeness (QED) is 0.789. The standard InChI is InChI=1S/C14H22N2O2/c1-5-13(9(2)3)16-14(17)10-6-11(15)8-12(7-10)18-4/h6-9,13H,5,15H2,1-4H3,(H,16,17). The van der Waals surface area contributed by atoms with E-state index in [2.05, 4.69) is 26.1 Å². The summed E-state index contributed by atoms with van der Waals surface area (Å²) in [7, 11) is 1.55. The van der Waals surface area contributed by atoms with Gasteiger partial charge in [0, 0.05) is 23.4 Å². The molecule has 18 heavy (non-hydrogen) atoms. The average molecular weight is 250 g/mol. The molecule has 0 spiro atoms. The number of nitrogen functional groups attached to an aromatic ring is 1. The summed E-state index contributed by atoms with van der Waals surface area (Å²) >= 11 is 0. The Kier molecular flexibility index (Phi) is 5.01. The van der Waals surface area contributed by atoms with Crippen molar-refractivity contribution in [3.63, 3.8) is 0 Å². The summed E-state index contributed by atoms with van der Waals surface area (Å²) in [6.07, 6.45) is 0.906. The SMILES string of the molecule is CCC(NC(=O)c1cc(N)cc(OC)c1)C(C)C. The van der Waals surface area contributed by atoms with Gasteiger partial charge < -0.3 is 15.8 Å². The largest absolute Gasteiger partial charge is 0.497 e. The van der Waals surface area contributed by atoms with Crippen LogP contribution in [0, 0.1) is 5.92 Å². The maximum absolute atomic E-state index is 12.1. The number of carbonyl (C=O) groups is 1. The lowest BCUT2D eigenvalue weighted by Crippen LogP contribution is -2.38. The Balaban J connectivity index is 2.86. The van der Waals surface area contributed by atoms with E-state index in [1.54, 1.807) is 25.3 Å².